The third-order valence-corrected chi connectivity index (χ3v) is 4.21. The standard InChI is InChI=1S/C19H16N4O5/c24-16(6-4-12-3-5-14-15(10-12)28-11-27-14)20-8-9-23-18(25)13-2-1-7-21-17(13)22-19(23)26/h1-7,10H,8-9,11H2,(H,20,24)(H,21,22,26)/b6-4-. The summed E-state index contributed by atoms with van der Waals surface area (Å²) in [6.07, 6.45) is 4.50. The van der Waals surface area contributed by atoms with Crippen LogP contribution in [0.3, 0.4) is 0 Å². The molecule has 3 aromatic rings. The molecule has 28 heavy (non-hydrogen) atoms. The van der Waals surface area contributed by atoms with Crippen molar-refractivity contribution in [1.82, 2.24) is 19.9 Å². The zero-order chi connectivity index (χ0) is 19.5. The third kappa shape index (κ3) is 3.50. The second kappa shape index (κ2) is 7.39. The normalized spacial score (nSPS) is 12.6. The molecule has 4 rings (SSSR count). The van der Waals surface area contributed by atoms with Crippen molar-refractivity contribution in [2.24, 2.45) is 0 Å². The van der Waals surface area contributed by atoms with Gasteiger partial charge in [-0.1, -0.05) is 6.07 Å². The molecule has 9 nitrogen and oxygen atoms in total. The Hall–Kier alpha value is -3.88. The molecule has 0 saturated carbocycles. The van der Waals surface area contributed by atoms with E-state index < -0.39 is 11.2 Å². The maximum Gasteiger partial charge on any atom is 0.330 e. The fourth-order valence-electron chi connectivity index (χ4n) is 2.83. The van der Waals surface area contributed by atoms with E-state index >= 15 is 0 Å². The SMILES string of the molecule is O=C(/C=C\c1ccc2c(c1)OCO2)NCCn1c(=O)[nH]c2ncccc2c1=O. The van der Waals surface area contributed by atoms with E-state index in [1.807, 2.05) is 0 Å². The van der Waals surface area contributed by atoms with Gasteiger partial charge in [0, 0.05) is 25.4 Å². The fraction of sp³-hybridized carbons (Fsp3) is 0.158. The van der Waals surface area contributed by atoms with Crippen molar-refractivity contribution in [2.75, 3.05) is 13.3 Å². The lowest BCUT2D eigenvalue weighted by molar-refractivity contribution is -0.116. The highest BCUT2D eigenvalue weighted by Gasteiger charge is 2.12. The van der Waals surface area contributed by atoms with E-state index in [1.54, 1.807) is 36.4 Å². The number of aromatic nitrogens is 3. The van der Waals surface area contributed by atoms with E-state index in [-0.39, 0.29) is 31.4 Å². The molecule has 1 aromatic carbocycles. The average molecular weight is 380 g/mol. The molecule has 0 fully saturated rings. The monoisotopic (exact) mass is 380 g/mol. The van der Waals surface area contributed by atoms with E-state index in [4.69, 9.17) is 9.47 Å². The van der Waals surface area contributed by atoms with Crippen LogP contribution in [0.4, 0.5) is 0 Å². The minimum Gasteiger partial charge on any atom is -0.454 e. The molecule has 9 heteroatoms. The largest absolute Gasteiger partial charge is 0.454 e. The van der Waals surface area contributed by atoms with Crippen LogP contribution in [-0.2, 0) is 11.3 Å². The number of H-pyrrole nitrogens is 1. The van der Waals surface area contributed by atoms with E-state index in [0.717, 1.165) is 10.1 Å². The van der Waals surface area contributed by atoms with Crippen molar-refractivity contribution >= 4 is 23.0 Å². The molecule has 0 spiro atoms. The summed E-state index contributed by atoms with van der Waals surface area (Å²) in [5.41, 5.74) is 0.0110. The maximum absolute atomic E-state index is 12.4. The van der Waals surface area contributed by atoms with Crippen LogP contribution >= 0.6 is 0 Å². The van der Waals surface area contributed by atoms with E-state index in [9.17, 15) is 14.4 Å². The van der Waals surface area contributed by atoms with Crippen molar-refractivity contribution < 1.29 is 14.3 Å². The Morgan fingerprint density at radius 1 is 1.25 bits per heavy atom. The maximum atomic E-state index is 12.4. The van der Waals surface area contributed by atoms with Gasteiger partial charge in [0.1, 0.15) is 5.65 Å². The summed E-state index contributed by atoms with van der Waals surface area (Å²) in [7, 11) is 0. The minimum absolute atomic E-state index is 0.0443. The van der Waals surface area contributed by atoms with Crippen LogP contribution < -0.4 is 26.0 Å². The summed E-state index contributed by atoms with van der Waals surface area (Å²) in [6.45, 7) is 0.355. The molecule has 1 aliphatic heterocycles. The van der Waals surface area contributed by atoms with Crippen molar-refractivity contribution in [2.45, 2.75) is 6.54 Å². The number of amides is 1. The van der Waals surface area contributed by atoms with Gasteiger partial charge in [-0.05, 0) is 35.9 Å². The lowest BCUT2D eigenvalue weighted by Crippen LogP contribution is -2.39. The lowest BCUT2D eigenvalue weighted by atomic mass is 10.2. The number of nitrogens with one attached hydrogen (secondary N) is 2. The molecule has 1 amide bonds. The van der Waals surface area contributed by atoms with Crippen LogP contribution in [-0.4, -0.2) is 33.8 Å². The van der Waals surface area contributed by atoms with Crippen LogP contribution in [0.5, 0.6) is 11.5 Å². The number of rotatable bonds is 5. The number of carbonyl (C=O) groups excluding carboxylic acids is 1. The van der Waals surface area contributed by atoms with Gasteiger partial charge >= 0.3 is 5.69 Å². The summed E-state index contributed by atoms with van der Waals surface area (Å²) >= 11 is 0. The van der Waals surface area contributed by atoms with Gasteiger partial charge in [-0.25, -0.2) is 9.78 Å². The summed E-state index contributed by atoms with van der Waals surface area (Å²) < 4.78 is 11.6. The first-order chi connectivity index (χ1) is 13.6. The molecule has 2 aromatic heterocycles. The van der Waals surface area contributed by atoms with Gasteiger partial charge in [0.15, 0.2) is 11.5 Å². The van der Waals surface area contributed by atoms with Gasteiger partial charge in [-0.15, -0.1) is 0 Å². The highest BCUT2D eigenvalue weighted by atomic mass is 16.7. The van der Waals surface area contributed by atoms with Gasteiger partial charge in [0.05, 0.1) is 5.39 Å². The molecule has 0 bridgehead atoms. The number of fused-ring (bicyclic) bond motifs is 2. The highest BCUT2D eigenvalue weighted by molar-refractivity contribution is 5.91. The third-order valence-electron chi connectivity index (χ3n) is 4.21. The quantitative estimate of drug-likeness (QED) is 0.628. The Morgan fingerprint density at radius 2 is 2.11 bits per heavy atom. The Balaban J connectivity index is 1.39. The zero-order valence-corrected chi connectivity index (χ0v) is 14.7. The minimum atomic E-state index is -0.568. The number of carbonyl (C=O) groups is 1. The zero-order valence-electron chi connectivity index (χ0n) is 14.7. The number of hydrogen-bond donors (Lipinski definition) is 2. The van der Waals surface area contributed by atoms with Gasteiger partial charge < -0.3 is 14.8 Å². The van der Waals surface area contributed by atoms with Gasteiger partial charge in [0.2, 0.25) is 12.7 Å². The average Bonchev–Trinajstić information content (AvgIpc) is 3.17. The molecule has 0 unspecified atom stereocenters. The predicted octanol–water partition coefficient (Wildman–Crippen LogP) is 0.643. The van der Waals surface area contributed by atoms with Crippen molar-refractivity contribution in [3.8, 4) is 11.5 Å². The predicted molar refractivity (Wildman–Crippen MR) is 101 cm³/mol. The molecular formula is C19H16N4O5. The first kappa shape index (κ1) is 17.5. The Labute approximate surface area is 158 Å². The molecule has 0 atom stereocenters. The van der Waals surface area contributed by atoms with E-state index in [2.05, 4.69) is 15.3 Å². The fourth-order valence-corrected chi connectivity index (χ4v) is 2.83. The van der Waals surface area contributed by atoms with E-state index in [0.29, 0.717) is 16.9 Å². The molecule has 0 radical (unpaired) electrons. The summed E-state index contributed by atoms with van der Waals surface area (Å²) in [5, 5.41) is 2.96. The lowest BCUT2D eigenvalue weighted by Gasteiger charge is -2.06. The van der Waals surface area contributed by atoms with Crippen LogP contribution in [0.2, 0.25) is 0 Å². The first-order valence-electron chi connectivity index (χ1n) is 8.55. The van der Waals surface area contributed by atoms with Crippen molar-refractivity contribution in [3.05, 3.63) is 69.0 Å². The first-order valence-corrected chi connectivity index (χ1v) is 8.55. The molecule has 142 valence electrons. The second-order valence-electron chi connectivity index (χ2n) is 6.02. The van der Waals surface area contributed by atoms with Gasteiger partial charge in [-0.3, -0.25) is 19.1 Å². The summed E-state index contributed by atoms with van der Waals surface area (Å²) in [4.78, 5) is 42.9. The van der Waals surface area contributed by atoms with Crippen LogP contribution in [0.1, 0.15) is 5.56 Å². The number of ether oxygens (including phenoxy) is 2. The van der Waals surface area contributed by atoms with E-state index in [1.165, 1.54) is 12.3 Å². The molecular weight excluding hydrogens is 364 g/mol. The van der Waals surface area contributed by atoms with Crippen LogP contribution in [0.25, 0.3) is 17.1 Å². The highest BCUT2D eigenvalue weighted by Crippen LogP contribution is 2.32. The van der Waals surface area contributed by atoms with Crippen LogP contribution in [0.15, 0.2) is 52.2 Å². The summed E-state index contributed by atoms with van der Waals surface area (Å²) in [6, 6.07) is 8.56. The van der Waals surface area contributed by atoms with Gasteiger partial charge in [-0.2, -0.15) is 0 Å². The topological polar surface area (TPSA) is 115 Å². The second-order valence-corrected chi connectivity index (χ2v) is 6.02. The Morgan fingerprint density at radius 3 is 3.00 bits per heavy atom. The molecule has 1 aliphatic rings. The number of pyridine rings is 1. The smallest absolute Gasteiger partial charge is 0.330 e. The molecule has 2 N–H and O–H groups in total. The number of benzene rings is 1. The van der Waals surface area contributed by atoms with Crippen LogP contribution in [0, 0.1) is 0 Å². The van der Waals surface area contributed by atoms with Crippen molar-refractivity contribution in [3.63, 3.8) is 0 Å². The summed E-state index contributed by atoms with van der Waals surface area (Å²) in [5.74, 6) is 0.958. The number of hydrogen-bond acceptors (Lipinski definition) is 6. The molecule has 3 heterocycles. The molecule has 0 saturated heterocycles. The number of nitrogens with zero attached hydrogens (tertiary/aromatic N) is 2. The van der Waals surface area contributed by atoms with Gasteiger partial charge in [0.25, 0.3) is 5.56 Å². The van der Waals surface area contributed by atoms with Crippen molar-refractivity contribution in [1.29, 1.82) is 0 Å². The molecule has 0 aliphatic carbocycles. The Bertz CT molecular complexity index is 1190. The Kier molecular flexibility index (Phi) is 4.63. The number of aromatic amines is 1.